The van der Waals surface area contributed by atoms with Crippen LogP contribution in [0, 0.1) is 30.1 Å². The zero-order valence-corrected chi connectivity index (χ0v) is 9.07. The van der Waals surface area contributed by atoms with E-state index in [1.165, 1.54) is 18.8 Å². The molecule has 4 unspecified atom stereocenters. The molecule has 0 aliphatic heterocycles. The van der Waals surface area contributed by atoms with E-state index in [0.29, 0.717) is 0 Å². The molecule has 3 rings (SSSR count). The number of hydrogen-bond donors (Lipinski definition) is 0. The van der Waals surface area contributed by atoms with Gasteiger partial charge in [-0.15, -0.1) is 0 Å². The van der Waals surface area contributed by atoms with Gasteiger partial charge in [0.05, 0.1) is 0 Å². The van der Waals surface area contributed by atoms with Crippen molar-refractivity contribution >= 4 is 0 Å². The van der Waals surface area contributed by atoms with Gasteiger partial charge < -0.3 is 6.42 Å². The third-order valence-electron chi connectivity index (χ3n) is 4.10. The molecule has 0 N–H and O–H groups in total. The molecular weight excluding hydrogens is 213 g/mol. The molecule has 1 radical (unpaired) electrons. The van der Waals surface area contributed by atoms with Crippen LogP contribution in [-0.2, 0) is 22.4 Å². The average Bonchev–Trinajstić information content (AvgIpc) is 2.60. The predicted octanol–water partition coefficient (Wildman–Crippen LogP) is 2.64. The van der Waals surface area contributed by atoms with Gasteiger partial charge in [-0.3, -0.25) is 0 Å². The van der Waals surface area contributed by atoms with Crippen LogP contribution in [0.4, 0.5) is 0 Å². The molecule has 0 aromatic carbocycles. The summed E-state index contributed by atoms with van der Waals surface area (Å²) in [6.45, 7) is 0. The van der Waals surface area contributed by atoms with Gasteiger partial charge in [0.15, 0.2) is 0 Å². The summed E-state index contributed by atoms with van der Waals surface area (Å²) >= 11 is 0. The maximum Gasteiger partial charge on any atom is 0 e. The maximum atomic E-state index is 2.61. The summed E-state index contributed by atoms with van der Waals surface area (Å²) in [5, 5.41) is 0. The minimum absolute atomic E-state index is 0. The molecular formula is C10H15Nb-. The Morgan fingerprint density at radius 1 is 1.09 bits per heavy atom. The molecule has 2 bridgehead atoms. The molecule has 0 aromatic heterocycles. The molecule has 0 spiro atoms. The fourth-order valence-corrected chi connectivity index (χ4v) is 3.73. The Morgan fingerprint density at radius 2 is 1.91 bits per heavy atom. The van der Waals surface area contributed by atoms with E-state index < -0.39 is 0 Å². The van der Waals surface area contributed by atoms with Crippen molar-refractivity contribution in [3.8, 4) is 0 Å². The van der Waals surface area contributed by atoms with E-state index in [9.17, 15) is 0 Å². The molecule has 3 fully saturated rings. The van der Waals surface area contributed by atoms with Gasteiger partial charge in [0, 0.05) is 22.4 Å². The first-order valence-electron chi connectivity index (χ1n) is 4.78. The van der Waals surface area contributed by atoms with Crippen LogP contribution in [-0.4, -0.2) is 0 Å². The van der Waals surface area contributed by atoms with Crippen molar-refractivity contribution < 1.29 is 22.4 Å². The zero-order valence-electron chi connectivity index (χ0n) is 6.87. The summed E-state index contributed by atoms with van der Waals surface area (Å²) in [6, 6.07) is 0. The molecule has 0 aromatic rings. The second-order valence-electron chi connectivity index (χ2n) is 4.39. The van der Waals surface area contributed by atoms with Crippen molar-refractivity contribution in [2.75, 3.05) is 0 Å². The summed E-state index contributed by atoms with van der Waals surface area (Å²) in [7, 11) is 0. The van der Waals surface area contributed by atoms with Crippen LogP contribution >= 0.6 is 0 Å². The summed E-state index contributed by atoms with van der Waals surface area (Å²) in [5.41, 5.74) is 0. The van der Waals surface area contributed by atoms with Crippen molar-refractivity contribution in [3.63, 3.8) is 0 Å². The molecule has 0 amide bonds. The third-order valence-corrected chi connectivity index (χ3v) is 4.10. The Kier molecular flexibility index (Phi) is 2.20. The average molecular weight is 228 g/mol. The van der Waals surface area contributed by atoms with E-state index in [2.05, 4.69) is 6.42 Å². The Hall–Kier alpha value is 0.740. The summed E-state index contributed by atoms with van der Waals surface area (Å²) in [5.74, 6) is 4.53. The molecule has 1 heteroatoms. The number of hydrogen-bond acceptors (Lipinski definition) is 0. The number of fused-ring (bicyclic) bond motifs is 5. The van der Waals surface area contributed by atoms with E-state index in [4.69, 9.17) is 0 Å². The molecule has 11 heavy (non-hydrogen) atoms. The monoisotopic (exact) mass is 228 g/mol. The standard InChI is InChI=1S/C10H15.Nb/c1-2-9-7-4-5-8(6-7)10(9)3-1;/h4,7-10H,1-3,5-6H2;/q-1;. The molecule has 0 nitrogen and oxygen atoms in total. The Labute approximate surface area is 84.6 Å². The van der Waals surface area contributed by atoms with E-state index >= 15 is 0 Å². The molecule has 61 valence electrons. The Morgan fingerprint density at radius 3 is 2.73 bits per heavy atom. The van der Waals surface area contributed by atoms with E-state index in [1.54, 1.807) is 19.3 Å². The first-order chi connectivity index (χ1) is 4.95. The van der Waals surface area contributed by atoms with Crippen molar-refractivity contribution in [1.82, 2.24) is 0 Å². The Balaban J connectivity index is 0.000000480. The maximum absolute atomic E-state index is 2.61. The van der Waals surface area contributed by atoms with Gasteiger partial charge in [-0.05, 0) is 5.92 Å². The number of rotatable bonds is 0. The molecule has 3 aliphatic carbocycles. The van der Waals surface area contributed by atoms with Crippen LogP contribution < -0.4 is 0 Å². The minimum atomic E-state index is 0. The van der Waals surface area contributed by atoms with Crippen molar-refractivity contribution in [3.05, 3.63) is 6.42 Å². The molecule has 4 atom stereocenters. The quantitative estimate of drug-likeness (QED) is 0.441. The van der Waals surface area contributed by atoms with Crippen LogP contribution in [0.3, 0.4) is 0 Å². The van der Waals surface area contributed by atoms with E-state index in [1.807, 2.05) is 0 Å². The first-order valence-corrected chi connectivity index (χ1v) is 4.78. The third kappa shape index (κ3) is 1.07. The molecule has 0 saturated heterocycles. The van der Waals surface area contributed by atoms with Crippen molar-refractivity contribution in [2.45, 2.75) is 32.1 Å². The van der Waals surface area contributed by atoms with Gasteiger partial charge in [-0.1, -0.05) is 37.5 Å². The van der Waals surface area contributed by atoms with Gasteiger partial charge in [0.1, 0.15) is 0 Å². The molecule has 3 saturated carbocycles. The van der Waals surface area contributed by atoms with Crippen molar-refractivity contribution in [1.29, 1.82) is 0 Å². The second kappa shape index (κ2) is 2.90. The van der Waals surface area contributed by atoms with Crippen LogP contribution in [0.1, 0.15) is 32.1 Å². The van der Waals surface area contributed by atoms with Gasteiger partial charge in [-0.2, -0.15) is 12.3 Å². The molecule has 3 aliphatic rings. The fraction of sp³-hybridized carbons (Fsp3) is 0.900. The van der Waals surface area contributed by atoms with Crippen LogP contribution in [0.15, 0.2) is 0 Å². The van der Waals surface area contributed by atoms with Crippen LogP contribution in [0.5, 0.6) is 0 Å². The SMILES string of the molecule is [CH-]1CC2CC1C1CCCC21.[Nb]. The first kappa shape index (κ1) is 8.34. The topological polar surface area (TPSA) is 0 Å². The second-order valence-corrected chi connectivity index (χ2v) is 4.39. The van der Waals surface area contributed by atoms with E-state index in [-0.39, 0.29) is 22.4 Å². The summed E-state index contributed by atoms with van der Waals surface area (Å²) in [4.78, 5) is 0. The predicted molar refractivity (Wildman–Crippen MR) is 41.3 cm³/mol. The smallest absolute Gasteiger partial charge is 0 e. The fourth-order valence-electron chi connectivity index (χ4n) is 3.73. The van der Waals surface area contributed by atoms with Gasteiger partial charge in [-0.25, -0.2) is 0 Å². The minimum Gasteiger partial charge on any atom is -0.325 e. The Bertz CT molecular complexity index is 139. The molecule has 0 heterocycles. The van der Waals surface area contributed by atoms with Gasteiger partial charge in [0.2, 0.25) is 0 Å². The zero-order chi connectivity index (χ0) is 6.55. The van der Waals surface area contributed by atoms with Crippen LogP contribution in [0.25, 0.3) is 0 Å². The van der Waals surface area contributed by atoms with Crippen LogP contribution in [0.2, 0.25) is 0 Å². The van der Waals surface area contributed by atoms with E-state index in [0.717, 1.165) is 17.8 Å². The van der Waals surface area contributed by atoms with Gasteiger partial charge in [0.25, 0.3) is 0 Å². The largest absolute Gasteiger partial charge is 0.325 e. The van der Waals surface area contributed by atoms with Crippen molar-refractivity contribution in [2.24, 2.45) is 23.7 Å². The summed E-state index contributed by atoms with van der Waals surface area (Å²) in [6.07, 6.45) is 10.3. The summed E-state index contributed by atoms with van der Waals surface area (Å²) < 4.78 is 0. The normalized spacial score (nSPS) is 52.4. The van der Waals surface area contributed by atoms with Gasteiger partial charge >= 0.3 is 0 Å².